The fourth-order valence-electron chi connectivity index (χ4n) is 2.05. The van der Waals surface area contributed by atoms with Crippen molar-refractivity contribution in [2.75, 3.05) is 0 Å². The predicted molar refractivity (Wildman–Crippen MR) is 71.9 cm³/mol. The van der Waals surface area contributed by atoms with E-state index in [0.29, 0.717) is 5.92 Å². The Bertz CT molecular complexity index is 341. The van der Waals surface area contributed by atoms with Crippen LogP contribution in [0.4, 0.5) is 0 Å². The summed E-state index contributed by atoms with van der Waals surface area (Å²) in [6, 6.07) is 10.4. The minimum Gasteiger partial charge on any atom is -0.289 e. The second-order valence-corrected chi connectivity index (χ2v) is 5.59. The molecule has 0 aliphatic carbocycles. The van der Waals surface area contributed by atoms with Crippen LogP contribution in [0.3, 0.4) is 0 Å². The quantitative estimate of drug-likeness (QED) is 0.668. The maximum Gasteiger partial charge on any atom is 0.0639 e. The van der Waals surface area contributed by atoms with E-state index in [1.54, 1.807) is 0 Å². The molecule has 0 unspecified atom stereocenters. The van der Waals surface area contributed by atoms with Crippen molar-refractivity contribution in [3.8, 4) is 0 Å². The molecule has 0 saturated heterocycles. The average Bonchev–Trinajstić information content (AvgIpc) is 2.17. The van der Waals surface area contributed by atoms with Gasteiger partial charge in [-0.25, -0.2) is 0 Å². The lowest BCUT2D eigenvalue weighted by atomic mass is 9.83. The van der Waals surface area contributed by atoms with Crippen molar-refractivity contribution in [3.63, 3.8) is 0 Å². The molecule has 1 heteroatoms. The van der Waals surface area contributed by atoms with E-state index in [4.69, 9.17) is 4.99 Å². The largest absolute Gasteiger partial charge is 0.289 e. The molecule has 1 aromatic carbocycles. The highest BCUT2D eigenvalue weighted by molar-refractivity contribution is 5.90. The molecule has 0 atom stereocenters. The first-order chi connectivity index (χ1) is 7.41. The molecule has 0 aliphatic rings. The number of nitrogens with zero attached hydrogens (tertiary/aromatic N) is 1. The standard InChI is InChI=1S/C15H23N/c1-12(2)14(15(3,4)5)16-11-13-9-7-6-8-10-13/h6-10,12H,11H2,1-5H3. The van der Waals surface area contributed by atoms with Gasteiger partial charge in [-0.05, 0) is 11.5 Å². The Balaban J connectivity index is 2.81. The van der Waals surface area contributed by atoms with Gasteiger partial charge >= 0.3 is 0 Å². The van der Waals surface area contributed by atoms with E-state index in [9.17, 15) is 0 Å². The molecule has 1 nitrogen and oxygen atoms in total. The summed E-state index contributed by atoms with van der Waals surface area (Å²) in [5, 5.41) is 0. The van der Waals surface area contributed by atoms with Crippen LogP contribution >= 0.6 is 0 Å². The average molecular weight is 217 g/mol. The van der Waals surface area contributed by atoms with Gasteiger partial charge in [0.2, 0.25) is 0 Å². The van der Waals surface area contributed by atoms with Crippen LogP contribution in [-0.2, 0) is 6.54 Å². The molecule has 0 radical (unpaired) electrons. The van der Waals surface area contributed by atoms with Gasteiger partial charge in [0, 0.05) is 11.1 Å². The molecule has 0 fully saturated rings. The number of rotatable bonds is 3. The molecule has 0 bridgehead atoms. The molecule has 0 saturated carbocycles. The molecule has 0 spiro atoms. The Kier molecular flexibility index (Phi) is 4.28. The minimum atomic E-state index is 0.170. The van der Waals surface area contributed by atoms with Crippen LogP contribution in [0.15, 0.2) is 35.3 Å². The summed E-state index contributed by atoms with van der Waals surface area (Å²) >= 11 is 0. The smallest absolute Gasteiger partial charge is 0.0639 e. The SMILES string of the molecule is CC(C)C(=NCc1ccccc1)C(C)(C)C. The van der Waals surface area contributed by atoms with E-state index in [-0.39, 0.29) is 5.41 Å². The summed E-state index contributed by atoms with van der Waals surface area (Å²) in [5.41, 5.74) is 2.75. The van der Waals surface area contributed by atoms with E-state index >= 15 is 0 Å². The highest BCUT2D eigenvalue weighted by Crippen LogP contribution is 2.22. The zero-order chi connectivity index (χ0) is 12.2. The van der Waals surface area contributed by atoms with Crippen molar-refractivity contribution >= 4 is 5.71 Å². The van der Waals surface area contributed by atoms with Gasteiger partial charge in [0.1, 0.15) is 0 Å². The predicted octanol–water partition coefficient (Wildman–Crippen LogP) is 4.33. The Hall–Kier alpha value is -1.11. The number of hydrogen-bond donors (Lipinski definition) is 0. The van der Waals surface area contributed by atoms with Gasteiger partial charge in [0.05, 0.1) is 6.54 Å². The highest BCUT2D eigenvalue weighted by Gasteiger charge is 2.21. The molecule has 0 amide bonds. The first-order valence-corrected chi connectivity index (χ1v) is 6.00. The molecule has 1 aromatic rings. The Morgan fingerprint density at radius 3 is 2.12 bits per heavy atom. The van der Waals surface area contributed by atoms with Gasteiger partial charge < -0.3 is 0 Å². The zero-order valence-electron chi connectivity index (χ0n) is 11.1. The van der Waals surface area contributed by atoms with Crippen molar-refractivity contribution in [1.29, 1.82) is 0 Å². The maximum absolute atomic E-state index is 4.78. The third kappa shape index (κ3) is 3.80. The lowest BCUT2D eigenvalue weighted by Crippen LogP contribution is -2.25. The van der Waals surface area contributed by atoms with Gasteiger partial charge in [-0.2, -0.15) is 0 Å². The van der Waals surface area contributed by atoms with Gasteiger partial charge in [-0.3, -0.25) is 4.99 Å². The second kappa shape index (κ2) is 5.29. The monoisotopic (exact) mass is 217 g/mol. The van der Waals surface area contributed by atoms with Crippen LogP contribution in [0.5, 0.6) is 0 Å². The molecule has 1 rings (SSSR count). The first kappa shape index (κ1) is 13.0. The maximum atomic E-state index is 4.78. The van der Waals surface area contributed by atoms with Crippen molar-refractivity contribution in [2.45, 2.75) is 41.2 Å². The van der Waals surface area contributed by atoms with Crippen LogP contribution in [0.25, 0.3) is 0 Å². The van der Waals surface area contributed by atoms with Crippen LogP contribution in [0.1, 0.15) is 40.2 Å². The van der Waals surface area contributed by atoms with Crippen molar-refractivity contribution in [2.24, 2.45) is 16.3 Å². The summed E-state index contributed by atoms with van der Waals surface area (Å²) in [6.07, 6.45) is 0. The van der Waals surface area contributed by atoms with E-state index in [2.05, 4.69) is 58.9 Å². The second-order valence-electron chi connectivity index (χ2n) is 5.59. The third-order valence-electron chi connectivity index (χ3n) is 2.59. The van der Waals surface area contributed by atoms with Crippen LogP contribution in [0, 0.1) is 11.3 Å². The van der Waals surface area contributed by atoms with Crippen molar-refractivity contribution in [1.82, 2.24) is 0 Å². The van der Waals surface area contributed by atoms with Gasteiger partial charge in [0.15, 0.2) is 0 Å². The van der Waals surface area contributed by atoms with Gasteiger partial charge in [-0.1, -0.05) is 65.0 Å². The summed E-state index contributed by atoms with van der Waals surface area (Å²) in [7, 11) is 0. The van der Waals surface area contributed by atoms with Gasteiger partial charge in [-0.15, -0.1) is 0 Å². The topological polar surface area (TPSA) is 12.4 Å². The summed E-state index contributed by atoms with van der Waals surface area (Å²) in [4.78, 5) is 4.78. The molecule has 16 heavy (non-hydrogen) atoms. The molecule has 88 valence electrons. The highest BCUT2D eigenvalue weighted by atomic mass is 14.8. The van der Waals surface area contributed by atoms with E-state index in [1.807, 2.05) is 6.07 Å². The molecule has 0 aliphatic heterocycles. The number of hydrogen-bond acceptors (Lipinski definition) is 1. The van der Waals surface area contributed by atoms with Crippen LogP contribution in [-0.4, -0.2) is 5.71 Å². The minimum absolute atomic E-state index is 0.170. The summed E-state index contributed by atoms with van der Waals surface area (Å²) < 4.78 is 0. The first-order valence-electron chi connectivity index (χ1n) is 6.00. The molecule has 0 heterocycles. The van der Waals surface area contributed by atoms with Gasteiger partial charge in [0.25, 0.3) is 0 Å². The molecule has 0 aromatic heterocycles. The summed E-state index contributed by atoms with van der Waals surface area (Å²) in [5.74, 6) is 0.517. The lowest BCUT2D eigenvalue weighted by molar-refractivity contribution is 0.551. The van der Waals surface area contributed by atoms with E-state index < -0.39 is 0 Å². The van der Waals surface area contributed by atoms with Crippen LogP contribution < -0.4 is 0 Å². The molecule has 0 N–H and O–H groups in total. The zero-order valence-corrected chi connectivity index (χ0v) is 11.1. The Labute approximate surface area is 99.6 Å². The Morgan fingerprint density at radius 1 is 1.12 bits per heavy atom. The van der Waals surface area contributed by atoms with Crippen molar-refractivity contribution in [3.05, 3.63) is 35.9 Å². The molecular weight excluding hydrogens is 194 g/mol. The summed E-state index contributed by atoms with van der Waals surface area (Å²) in [6.45, 7) is 11.9. The molecular formula is C15H23N. The van der Waals surface area contributed by atoms with Crippen LogP contribution in [0.2, 0.25) is 0 Å². The number of benzene rings is 1. The number of aliphatic imine (C=N–C) groups is 1. The van der Waals surface area contributed by atoms with Crippen molar-refractivity contribution < 1.29 is 0 Å². The van der Waals surface area contributed by atoms with E-state index in [1.165, 1.54) is 11.3 Å². The lowest BCUT2D eigenvalue weighted by Gasteiger charge is -2.24. The fraction of sp³-hybridized carbons (Fsp3) is 0.533. The van der Waals surface area contributed by atoms with E-state index in [0.717, 1.165) is 6.54 Å². The normalized spacial score (nSPS) is 13.2. The fourth-order valence-corrected chi connectivity index (χ4v) is 2.05. The Morgan fingerprint density at radius 2 is 1.69 bits per heavy atom. The third-order valence-corrected chi connectivity index (χ3v) is 2.59.